The van der Waals surface area contributed by atoms with Crippen molar-refractivity contribution in [2.75, 3.05) is 19.0 Å². The molecule has 0 fully saturated rings. The maximum atomic E-state index is 12.3. The maximum Gasteiger partial charge on any atom is 0.534 e. The molecule has 126 valence electrons. The summed E-state index contributed by atoms with van der Waals surface area (Å²) in [6.07, 6.45) is 1.32. The molecule has 0 saturated heterocycles. The monoisotopic (exact) mass is 361 g/mol. The molecule has 6 nitrogen and oxygen atoms in total. The number of anilines is 1. The zero-order valence-electron chi connectivity index (χ0n) is 11.7. The van der Waals surface area contributed by atoms with Crippen LogP contribution in [-0.4, -0.2) is 33.5 Å². The van der Waals surface area contributed by atoms with E-state index in [-0.39, 0.29) is 17.2 Å². The molecule has 0 radical (unpaired) electrons. The van der Waals surface area contributed by atoms with Crippen molar-refractivity contribution in [3.05, 3.63) is 10.9 Å². The Morgan fingerprint density at radius 2 is 2.05 bits per heavy atom. The van der Waals surface area contributed by atoms with Crippen LogP contribution in [0, 0.1) is 0 Å². The fourth-order valence-corrected chi connectivity index (χ4v) is 2.66. The number of thiophene rings is 1. The second kappa shape index (κ2) is 7.18. The van der Waals surface area contributed by atoms with E-state index in [4.69, 9.17) is 4.74 Å². The molecule has 0 aliphatic carbocycles. The third-order valence-corrected chi connectivity index (χ3v) is 4.34. The van der Waals surface area contributed by atoms with E-state index in [0.29, 0.717) is 6.42 Å². The smallest absolute Gasteiger partial charge is 0.462 e. The van der Waals surface area contributed by atoms with E-state index >= 15 is 0 Å². The summed E-state index contributed by atoms with van der Waals surface area (Å²) in [5, 5.41) is 3.71. The topological polar surface area (TPSA) is 81.7 Å². The Morgan fingerprint density at radius 1 is 1.41 bits per heavy atom. The van der Waals surface area contributed by atoms with Gasteiger partial charge in [-0.15, -0.1) is 11.3 Å². The predicted molar refractivity (Wildman–Crippen MR) is 74.7 cm³/mol. The standard InChI is InChI=1S/C11H14F3NO5S2/c1-3-4-5-19-10(16)8-7(6-21-9(8)15-2)20-22(17,18)11(12,13)14/h6,15H,3-5H2,1-2H3. The van der Waals surface area contributed by atoms with Crippen molar-refractivity contribution in [1.29, 1.82) is 0 Å². The average molecular weight is 361 g/mol. The van der Waals surface area contributed by atoms with Crippen LogP contribution < -0.4 is 9.50 Å². The van der Waals surface area contributed by atoms with Crippen LogP contribution in [0.5, 0.6) is 5.75 Å². The van der Waals surface area contributed by atoms with Crippen LogP contribution in [0.15, 0.2) is 5.38 Å². The van der Waals surface area contributed by atoms with E-state index in [1.54, 1.807) is 0 Å². The number of ether oxygens (including phenoxy) is 1. The van der Waals surface area contributed by atoms with Gasteiger partial charge in [0.2, 0.25) is 0 Å². The van der Waals surface area contributed by atoms with Gasteiger partial charge < -0.3 is 14.2 Å². The molecule has 1 rings (SSSR count). The number of alkyl halides is 3. The molecule has 0 aliphatic rings. The van der Waals surface area contributed by atoms with Crippen molar-refractivity contribution >= 4 is 32.4 Å². The average Bonchev–Trinajstić information content (AvgIpc) is 2.79. The fraction of sp³-hybridized carbons (Fsp3) is 0.545. The zero-order chi connectivity index (χ0) is 17.0. The third-order valence-electron chi connectivity index (χ3n) is 2.40. The highest BCUT2D eigenvalue weighted by atomic mass is 32.2. The summed E-state index contributed by atoms with van der Waals surface area (Å²) in [6, 6.07) is 0. The number of rotatable bonds is 7. The van der Waals surface area contributed by atoms with Crippen LogP contribution in [0.4, 0.5) is 18.2 Å². The summed E-state index contributed by atoms with van der Waals surface area (Å²) in [6.45, 7) is 1.93. The summed E-state index contributed by atoms with van der Waals surface area (Å²) >= 11 is 0.826. The van der Waals surface area contributed by atoms with Crippen LogP contribution >= 0.6 is 11.3 Å². The van der Waals surface area contributed by atoms with Gasteiger partial charge in [-0.1, -0.05) is 13.3 Å². The molecule has 0 bridgehead atoms. The lowest BCUT2D eigenvalue weighted by Crippen LogP contribution is -2.28. The number of esters is 1. The van der Waals surface area contributed by atoms with Gasteiger partial charge in [-0.3, -0.25) is 0 Å². The SMILES string of the molecule is CCCCOC(=O)c1c(OS(=O)(=O)C(F)(F)F)csc1NC. The second-order valence-electron chi connectivity index (χ2n) is 4.03. The van der Waals surface area contributed by atoms with Crippen LogP contribution in [-0.2, 0) is 14.9 Å². The molecule has 1 N–H and O–H groups in total. The quantitative estimate of drug-likeness (QED) is 0.348. The lowest BCUT2D eigenvalue weighted by atomic mass is 10.3. The first-order chi connectivity index (χ1) is 10.1. The molecular formula is C11H14F3NO5S2. The van der Waals surface area contributed by atoms with Crippen molar-refractivity contribution in [3.8, 4) is 5.75 Å². The molecule has 22 heavy (non-hydrogen) atoms. The van der Waals surface area contributed by atoms with Gasteiger partial charge in [-0.05, 0) is 6.42 Å². The van der Waals surface area contributed by atoms with Gasteiger partial charge in [0.25, 0.3) is 0 Å². The Labute approximate surface area is 129 Å². The van der Waals surface area contributed by atoms with Crippen molar-refractivity contribution < 1.29 is 35.3 Å². The molecule has 0 aromatic carbocycles. The highest BCUT2D eigenvalue weighted by Crippen LogP contribution is 2.37. The molecule has 0 spiro atoms. The summed E-state index contributed by atoms with van der Waals surface area (Å²) in [5.41, 5.74) is -5.96. The van der Waals surface area contributed by atoms with Gasteiger partial charge in [-0.2, -0.15) is 21.6 Å². The molecule has 0 saturated carbocycles. The Bertz CT molecular complexity index is 624. The molecule has 0 amide bonds. The number of hydrogen-bond acceptors (Lipinski definition) is 7. The minimum Gasteiger partial charge on any atom is -0.462 e. The first-order valence-corrected chi connectivity index (χ1v) is 8.40. The van der Waals surface area contributed by atoms with Crippen LogP contribution in [0.3, 0.4) is 0 Å². The van der Waals surface area contributed by atoms with E-state index in [2.05, 4.69) is 9.50 Å². The molecule has 1 heterocycles. The van der Waals surface area contributed by atoms with Gasteiger partial charge in [0.1, 0.15) is 10.6 Å². The molecule has 0 unspecified atom stereocenters. The maximum absolute atomic E-state index is 12.3. The molecule has 1 aromatic heterocycles. The van der Waals surface area contributed by atoms with Crippen molar-refractivity contribution in [2.45, 2.75) is 25.3 Å². The largest absolute Gasteiger partial charge is 0.534 e. The number of carbonyl (C=O) groups is 1. The highest BCUT2D eigenvalue weighted by Gasteiger charge is 2.49. The third kappa shape index (κ3) is 4.26. The first kappa shape index (κ1) is 18.6. The van der Waals surface area contributed by atoms with Crippen molar-refractivity contribution in [1.82, 2.24) is 0 Å². The van der Waals surface area contributed by atoms with Crippen LogP contribution in [0.25, 0.3) is 0 Å². The Hall–Kier alpha value is -1.49. The normalized spacial score (nSPS) is 12.0. The minimum atomic E-state index is -5.86. The number of unbranched alkanes of at least 4 members (excludes halogenated alkanes) is 1. The van der Waals surface area contributed by atoms with E-state index in [1.165, 1.54) is 7.05 Å². The van der Waals surface area contributed by atoms with Crippen LogP contribution in [0.2, 0.25) is 0 Å². The molecule has 0 aliphatic heterocycles. The second-order valence-corrected chi connectivity index (χ2v) is 6.44. The Kier molecular flexibility index (Phi) is 6.06. The van der Waals surface area contributed by atoms with Crippen molar-refractivity contribution in [2.24, 2.45) is 0 Å². The predicted octanol–water partition coefficient (Wildman–Crippen LogP) is 2.98. The molecule has 0 atom stereocenters. The summed E-state index contributed by atoms with van der Waals surface area (Å²) in [4.78, 5) is 11.9. The highest BCUT2D eigenvalue weighted by molar-refractivity contribution is 7.88. The van der Waals surface area contributed by atoms with Crippen molar-refractivity contribution in [3.63, 3.8) is 0 Å². The molecule has 11 heteroatoms. The number of hydrogen-bond donors (Lipinski definition) is 1. The van der Waals surface area contributed by atoms with Gasteiger partial charge in [-0.25, -0.2) is 4.79 Å². The lowest BCUT2D eigenvalue weighted by molar-refractivity contribution is -0.0500. The van der Waals surface area contributed by atoms with E-state index in [9.17, 15) is 26.4 Å². The molecule has 1 aromatic rings. The first-order valence-electron chi connectivity index (χ1n) is 6.11. The van der Waals surface area contributed by atoms with E-state index in [0.717, 1.165) is 23.1 Å². The van der Waals surface area contributed by atoms with Gasteiger partial charge in [0.05, 0.1) is 6.61 Å². The molecular weight excluding hydrogens is 347 g/mol. The van der Waals surface area contributed by atoms with Crippen LogP contribution in [0.1, 0.15) is 30.1 Å². The van der Waals surface area contributed by atoms with Gasteiger partial charge >= 0.3 is 21.6 Å². The van der Waals surface area contributed by atoms with E-state index < -0.39 is 27.3 Å². The van der Waals surface area contributed by atoms with Gasteiger partial charge in [0, 0.05) is 12.4 Å². The van der Waals surface area contributed by atoms with Gasteiger partial charge in [0.15, 0.2) is 5.75 Å². The van der Waals surface area contributed by atoms with E-state index in [1.807, 2.05) is 6.92 Å². The summed E-state index contributed by atoms with van der Waals surface area (Å²) < 4.78 is 68.0. The Balaban J connectivity index is 3.07. The minimum absolute atomic E-state index is 0.0692. The summed E-state index contributed by atoms with van der Waals surface area (Å²) in [7, 11) is -4.43. The number of halogens is 3. The summed E-state index contributed by atoms with van der Waals surface area (Å²) in [5.74, 6) is -1.67. The lowest BCUT2D eigenvalue weighted by Gasteiger charge is -2.11. The fourth-order valence-electron chi connectivity index (χ4n) is 1.33. The number of nitrogens with one attached hydrogen (secondary N) is 1. The zero-order valence-corrected chi connectivity index (χ0v) is 13.3. The Morgan fingerprint density at radius 3 is 2.55 bits per heavy atom. The number of carbonyl (C=O) groups excluding carboxylic acids is 1.